The summed E-state index contributed by atoms with van der Waals surface area (Å²) >= 11 is 0. The van der Waals surface area contributed by atoms with Crippen LogP contribution in [0.5, 0.6) is 0 Å². The summed E-state index contributed by atoms with van der Waals surface area (Å²) in [5.74, 6) is -2.15. The molecule has 0 spiro atoms. The Morgan fingerprint density at radius 3 is 1.91 bits per heavy atom. The minimum absolute atomic E-state index is 0.0962. The summed E-state index contributed by atoms with van der Waals surface area (Å²) in [7, 11) is 5.78. The summed E-state index contributed by atoms with van der Waals surface area (Å²) < 4.78 is 0.522. The molecule has 0 fully saturated rings. The van der Waals surface area contributed by atoms with Crippen LogP contribution in [0.25, 0.3) is 0 Å². The molecule has 0 aliphatic heterocycles. The lowest BCUT2D eigenvalue weighted by molar-refractivity contribution is -0.871. The Morgan fingerprint density at radius 1 is 0.938 bits per heavy atom. The maximum atomic E-state index is 12.4. The molecule has 2 amide bonds. The Balaban J connectivity index is 0.00000118. The van der Waals surface area contributed by atoms with Crippen LogP contribution < -0.4 is 15.7 Å². The van der Waals surface area contributed by atoms with Crippen molar-refractivity contribution in [1.82, 2.24) is 5.32 Å². The van der Waals surface area contributed by atoms with E-state index in [4.69, 9.17) is 15.0 Å². The van der Waals surface area contributed by atoms with Crippen molar-refractivity contribution >= 4 is 29.4 Å². The molecule has 0 aromatic heterocycles. The van der Waals surface area contributed by atoms with Crippen LogP contribution in [-0.2, 0) is 9.59 Å². The van der Waals surface area contributed by atoms with Gasteiger partial charge in [0, 0.05) is 22.8 Å². The average molecular weight is 444 g/mol. The van der Waals surface area contributed by atoms with E-state index in [2.05, 4.69) is 10.6 Å². The van der Waals surface area contributed by atoms with Gasteiger partial charge in [-0.2, -0.15) is 0 Å². The zero-order valence-electron chi connectivity index (χ0n) is 18.6. The number of hydrogen-bond acceptors (Lipinski definition) is 5. The van der Waals surface area contributed by atoms with Crippen LogP contribution in [0.1, 0.15) is 29.3 Å². The van der Waals surface area contributed by atoms with Gasteiger partial charge in [-0.15, -0.1) is 0 Å². The zero-order chi connectivity index (χ0) is 24.3. The monoisotopic (exact) mass is 443 g/mol. The van der Waals surface area contributed by atoms with Crippen LogP contribution in [0.15, 0.2) is 54.6 Å². The highest BCUT2D eigenvalue weighted by Gasteiger charge is 2.23. The number of aliphatic carboxylic acids is 2. The van der Waals surface area contributed by atoms with Gasteiger partial charge in [0.2, 0.25) is 0 Å². The van der Waals surface area contributed by atoms with Crippen LogP contribution in [-0.4, -0.2) is 67.1 Å². The number of amides is 2. The Labute approximate surface area is 187 Å². The number of carbonyl (C=O) groups excluding carboxylic acids is 3. The molecular formula is C23H29N3O6. The quantitative estimate of drug-likeness (QED) is 0.416. The number of rotatable bonds is 8. The summed E-state index contributed by atoms with van der Waals surface area (Å²) in [5.41, 5.74) is 1.63. The maximum Gasteiger partial charge on any atom is 0.319 e. The van der Waals surface area contributed by atoms with E-state index in [0.717, 1.165) is 6.92 Å². The standard InChI is InChI=1S/C21H25N3O4.C2H4O2/c1-24(2,3)14-18(13-19(25)26)23-21(28)22-17-11-9-16(10-12-17)20(27)15-7-5-4-6-8-15;1-2(3)4/h4-12,18H,13-14H2,1-3H3,(H2-,22,23,25,26,27,28);1H3,(H,3,4)/t18-;/m1./s1. The molecule has 2 rings (SSSR count). The Bertz CT molecular complexity index is 917. The van der Waals surface area contributed by atoms with Crippen molar-refractivity contribution in [2.24, 2.45) is 0 Å². The third-order valence-electron chi connectivity index (χ3n) is 3.97. The van der Waals surface area contributed by atoms with E-state index in [0.29, 0.717) is 27.8 Å². The summed E-state index contributed by atoms with van der Waals surface area (Å²) in [6.45, 7) is 1.45. The molecule has 32 heavy (non-hydrogen) atoms. The predicted molar refractivity (Wildman–Crippen MR) is 118 cm³/mol. The van der Waals surface area contributed by atoms with E-state index in [-0.39, 0.29) is 12.2 Å². The fourth-order valence-corrected chi connectivity index (χ4v) is 2.85. The van der Waals surface area contributed by atoms with Crippen LogP contribution in [0.4, 0.5) is 10.5 Å². The SMILES string of the molecule is CC(=O)[O-].C[N+](C)(C)C[C@@H](CC(=O)O)NC(=O)Nc1ccc(C(=O)c2ccccc2)cc1. The molecule has 172 valence electrons. The summed E-state index contributed by atoms with van der Waals surface area (Å²) in [4.78, 5) is 44.6. The molecule has 0 heterocycles. The molecule has 9 nitrogen and oxygen atoms in total. The number of nitrogens with one attached hydrogen (secondary N) is 2. The van der Waals surface area contributed by atoms with Crippen molar-refractivity contribution in [3.63, 3.8) is 0 Å². The van der Waals surface area contributed by atoms with Gasteiger partial charge in [-0.05, 0) is 31.2 Å². The van der Waals surface area contributed by atoms with Gasteiger partial charge in [-0.25, -0.2) is 4.79 Å². The number of carboxylic acid groups (broad SMARTS) is 2. The fraction of sp³-hybridized carbons (Fsp3) is 0.304. The summed E-state index contributed by atoms with van der Waals surface area (Å²) in [5, 5.41) is 23.3. The molecular weight excluding hydrogens is 414 g/mol. The second kappa shape index (κ2) is 12.2. The van der Waals surface area contributed by atoms with Crippen molar-refractivity contribution in [2.45, 2.75) is 19.4 Å². The number of anilines is 1. The lowest BCUT2D eigenvalue weighted by Crippen LogP contribution is -2.50. The smallest absolute Gasteiger partial charge is 0.319 e. The Morgan fingerprint density at radius 2 is 1.44 bits per heavy atom. The van der Waals surface area contributed by atoms with Crippen LogP contribution in [0.2, 0.25) is 0 Å². The van der Waals surface area contributed by atoms with Crippen LogP contribution in [0, 0.1) is 0 Å². The van der Waals surface area contributed by atoms with E-state index in [1.165, 1.54) is 0 Å². The first kappa shape index (κ1) is 26.3. The maximum absolute atomic E-state index is 12.4. The number of ketones is 1. The van der Waals surface area contributed by atoms with Gasteiger partial charge in [-0.1, -0.05) is 30.3 Å². The normalized spacial score (nSPS) is 11.4. The van der Waals surface area contributed by atoms with Crippen molar-refractivity contribution in [1.29, 1.82) is 0 Å². The van der Waals surface area contributed by atoms with Gasteiger partial charge in [0.05, 0.1) is 40.2 Å². The first-order chi connectivity index (χ1) is 14.9. The number of carbonyl (C=O) groups is 4. The molecule has 0 bridgehead atoms. The third kappa shape index (κ3) is 10.9. The van der Waals surface area contributed by atoms with Crippen molar-refractivity contribution < 1.29 is 33.9 Å². The summed E-state index contributed by atoms with van der Waals surface area (Å²) in [6, 6.07) is 14.5. The zero-order valence-corrected chi connectivity index (χ0v) is 18.6. The highest BCUT2D eigenvalue weighted by Crippen LogP contribution is 2.14. The van der Waals surface area contributed by atoms with E-state index < -0.39 is 24.0 Å². The largest absolute Gasteiger partial charge is 0.550 e. The molecule has 2 aromatic rings. The van der Waals surface area contributed by atoms with Gasteiger partial charge in [0.25, 0.3) is 0 Å². The third-order valence-corrected chi connectivity index (χ3v) is 3.97. The molecule has 1 atom stereocenters. The molecule has 3 N–H and O–H groups in total. The van der Waals surface area contributed by atoms with Crippen molar-refractivity contribution in [3.8, 4) is 0 Å². The van der Waals surface area contributed by atoms with Gasteiger partial charge >= 0.3 is 12.0 Å². The number of benzene rings is 2. The number of hydrogen-bond donors (Lipinski definition) is 3. The molecule has 0 saturated heterocycles. The second-order valence-electron chi connectivity index (χ2n) is 8.13. The van der Waals surface area contributed by atoms with Crippen LogP contribution in [0.3, 0.4) is 0 Å². The minimum atomic E-state index is -1.08. The molecule has 9 heteroatoms. The van der Waals surface area contributed by atoms with Gasteiger partial charge in [-0.3, -0.25) is 9.59 Å². The molecule has 0 saturated carbocycles. The van der Waals surface area contributed by atoms with Crippen molar-refractivity contribution in [2.75, 3.05) is 33.0 Å². The van der Waals surface area contributed by atoms with E-state index in [9.17, 15) is 14.4 Å². The fourth-order valence-electron chi connectivity index (χ4n) is 2.85. The number of nitrogens with zero attached hydrogens (tertiary/aromatic N) is 1. The minimum Gasteiger partial charge on any atom is -0.550 e. The molecule has 0 aliphatic carbocycles. The van der Waals surface area contributed by atoms with Crippen LogP contribution >= 0.6 is 0 Å². The molecule has 2 aromatic carbocycles. The van der Waals surface area contributed by atoms with Gasteiger partial charge in [0.15, 0.2) is 5.78 Å². The van der Waals surface area contributed by atoms with E-state index >= 15 is 0 Å². The molecule has 0 unspecified atom stereocenters. The topological polar surface area (TPSA) is 136 Å². The first-order valence-corrected chi connectivity index (χ1v) is 9.84. The first-order valence-electron chi connectivity index (χ1n) is 9.84. The van der Waals surface area contributed by atoms with Gasteiger partial charge < -0.3 is 30.1 Å². The average Bonchev–Trinajstić information content (AvgIpc) is 2.66. The lowest BCUT2D eigenvalue weighted by atomic mass is 10.0. The van der Waals surface area contributed by atoms with E-state index in [1.54, 1.807) is 48.5 Å². The Kier molecular flexibility index (Phi) is 10.0. The predicted octanol–water partition coefficient (Wildman–Crippen LogP) is 1.34. The van der Waals surface area contributed by atoms with Gasteiger partial charge in [0.1, 0.15) is 0 Å². The lowest BCUT2D eigenvalue weighted by Gasteiger charge is -2.29. The number of likely N-dealkylation sites (N-methyl/N-ethyl adjacent to an activating group) is 1. The highest BCUT2D eigenvalue weighted by molar-refractivity contribution is 6.09. The van der Waals surface area contributed by atoms with E-state index in [1.807, 2.05) is 27.2 Å². The van der Waals surface area contributed by atoms with Crippen molar-refractivity contribution in [3.05, 3.63) is 65.7 Å². The Hall–Kier alpha value is -3.72. The molecule has 0 radical (unpaired) electrons. The second-order valence-corrected chi connectivity index (χ2v) is 8.13. The number of quaternary nitrogens is 1. The summed E-state index contributed by atoms with van der Waals surface area (Å²) in [6.07, 6.45) is -0.159. The highest BCUT2D eigenvalue weighted by atomic mass is 16.4. The number of urea groups is 1. The molecule has 0 aliphatic rings. The number of carboxylic acids is 2.